The molecule has 1 aromatic heterocycles. The number of carbonyl (C=O) groups excluding carboxylic acids is 2. The third kappa shape index (κ3) is 6.49. The summed E-state index contributed by atoms with van der Waals surface area (Å²) in [6, 6.07) is 11.4. The first kappa shape index (κ1) is 24.6. The first-order valence-electron chi connectivity index (χ1n) is 10.6. The van der Waals surface area contributed by atoms with E-state index in [4.69, 9.17) is 4.74 Å². The molecule has 0 saturated heterocycles. The number of amides is 1. The van der Waals surface area contributed by atoms with E-state index < -0.39 is 5.82 Å². The van der Waals surface area contributed by atoms with Gasteiger partial charge in [-0.2, -0.15) is 0 Å². The molecule has 0 aliphatic heterocycles. The van der Waals surface area contributed by atoms with Crippen LogP contribution < -0.4 is 10.9 Å². The van der Waals surface area contributed by atoms with Crippen LogP contribution in [0.15, 0.2) is 52.4 Å². The lowest BCUT2D eigenvalue weighted by Crippen LogP contribution is -2.24. The van der Waals surface area contributed by atoms with Crippen LogP contribution >= 0.6 is 11.8 Å². The molecule has 1 amide bonds. The van der Waals surface area contributed by atoms with Crippen molar-refractivity contribution >= 4 is 34.4 Å². The van der Waals surface area contributed by atoms with Crippen molar-refractivity contribution < 1.29 is 18.7 Å². The summed E-state index contributed by atoms with van der Waals surface area (Å²) in [6.45, 7) is 2.63. The lowest BCUT2D eigenvalue weighted by Gasteiger charge is -2.13. The molecule has 3 aromatic rings. The first-order chi connectivity index (χ1) is 15.9. The number of benzene rings is 2. The van der Waals surface area contributed by atoms with E-state index in [0.717, 1.165) is 11.8 Å². The number of methoxy groups -OCH3 is 1. The van der Waals surface area contributed by atoms with Crippen molar-refractivity contribution in [3.05, 3.63) is 69.8 Å². The Morgan fingerprint density at radius 1 is 1.21 bits per heavy atom. The Hall–Kier alpha value is -3.04. The summed E-state index contributed by atoms with van der Waals surface area (Å²) < 4.78 is 21.1. The first-order valence-corrected chi connectivity index (χ1v) is 11.6. The molecule has 0 unspecified atom stereocenters. The number of hydrogen-bond donors (Lipinski definition) is 1. The van der Waals surface area contributed by atoms with Crippen LogP contribution in [0.5, 0.6) is 0 Å². The number of para-hydroxylation sites is 1. The molecule has 0 saturated carbocycles. The normalized spacial score (nSPS) is 11.0. The van der Waals surface area contributed by atoms with E-state index in [1.165, 1.54) is 13.0 Å². The van der Waals surface area contributed by atoms with Gasteiger partial charge in [0.2, 0.25) is 5.91 Å². The maximum atomic E-state index is 14.4. The van der Waals surface area contributed by atoms with Gasteiger partial charge in [0.15, 0.2) is 10.9 Å². The van der Waals surface area contributed by atoms with Crippen molar-refractivity contribution in [2.24, 2.45) is 0 Å². The Balaban J connectivity index is 1.75. The minimum atomic E-state index is -0.489. The van der Waals surface area contributed by atoms with E-state index in [9.17, 15) is 18.8 Å². The van der Waals surface area contributed by atoms with Crippen LogP contribution in [0, 0.1) is 5.82 Å². The number of thioether (sulfide) groups is 1. The van der Waals surface area contributed by atoms with Gasteiger partial charge in [0.05, 0.1) is 16.7 Å². The minimum absolute atomic E-state index is 0.0136. The van der Waals surface area contributed by atoms with Crippen LogP contribution in [-0.4, -0.2) is 47.3 Å². The van der Waals surface area contributed by atoms with Crippen molar-refractivity contribution in [3.8, 4) is 0 Å². The van der Waals surface area contributed by atoms with Gasteiger partial charge >= 0.3 is 0 Å². The fourth-order valence-electron chi connectivity index (χ4n) is 3.33. The van der Waals surface area contributed by atoms with Crippen molar-refractivity contribution in [1.82, 2.24) is 14.9 Å². The molecule has 1 heterocycles. The number of aromatic nitrogens is 2. The highest BCUT2D eigenvalue weighted by Gasteiger charge is 2.15. The summed E-state index contributed by atoms with van der Waals surface area (Å²) >= 11 is 1.16. The molecule has 1 N–H and O–H groups in total. The Bertz CT molecular complexity index is 1210. The topological polar surface area (TPSA) is 90.3 Å². The van der Waals surface area contributed by atoms with Gasteiger partial charge in [-0.15, -0.1) is 0 Å². The Kier molecular flexibility index (Phi) is 8.73. The molecule has 3 rings (SSSR count). The van der Waals surface area contributed by atoms with Gasteiger partial charge in [0.1, 0.15) is 5.82 Å². The number of nitrogens with one attached hydrogen (secondary N) is 1. The summed E-state index contributed by atoms with van der Waals surface area (Å²) in [4.78, 5) is 41.2. The van der Waals surface area contributed by atoms with Crippen LogP contribution in [0.25, 0.3) is 10.9 Å². The summed E-state index contributed by atoms with van der Waals surface area (Å²) in [5.74, 6) is -0.920. The summed E-state index contributed by atoms with van der Waals surface area (Å²) in [5.41, 5.74) is 1.07. The van der Waals surface area contributed by atoms with Crippen LogP contribution in [-0.2, 0) is 22.5 Å². The molecule has 0 radical (unpaired) electrons. The monoisotopic (exact) mass is 471 g/mol. The van der Waals surface area contributed by atoms with Crippen molar-refractivity contribution in [3.63, 3.8) is 0 Å². The van der Waals surface area contributed by atoms with Crippen molar-refractivity contribution in [2.75, 3.05) is 26.0 Å². The average Bonchev–Trinajstić information content (AvgIpc) is 2.80. The lowest BCUT2D eigenvalue weighted by atomic mass is 10.1. The van der Waals surface area contributed by atoms with E-state index in [2.05, 4.69) is 10.3 Å². The number of ether oxygens (including phenoxy) is 1. The van der Waals surface area contributed by atoms with Gasteiger partial charge in [-0.05, 0) is 36.6 Å². The second kappa shape index (κ2) is 11.7. The van der Waals surface area contributed by atoms with Gasteiger partial charge in [-0.3, -0.25) is 19.0 Å². The quantitative estimate of drug-likeness (QED) is 0.200. The van der Waals surface area contributed by atoms with Gasteiger partial charge in [-0.1, -0.05) is 36.0 Å². The zero-order valence-electron chi connectivity index (χ0n) is 18.6. The third-order valence-corrected chi connectivity index (χ3v) is 6.01. The highest BCUT2D eigenvalue weighted by molar-refractivity contribution is 7.99. The van der Waals surface area contributed by atoms with Crippen LogP contribution in [0.4, 0.5) is 4.39 Å². The maximum Gasteiger partial charge on any atom is 0.262 e. The van der Waals surface area contributed by atoms with Crippen molar-refractivity contribution in [2.45, 2.75) is 31.5 Å². The smallest absolute Gasteiger partial charge is 0.262 e. The molecule has 0 aliphatic rings. The molecular formula is C24H26FN3O4S. The second-order valence-corrected chi connectivity index (χ2v) is 8.41. The number of Topliss-reactive ketones (excluding diaryl/α,β-unsaturated/α-hetero) is 1. The molecule has 33 heavy (non-hydrogen) atoms. The number of hydrogen-bond acceptors (Lipinski definition) is 6. The average molecular weight is 472 g/mol. The predicted octanol–water partition coefficient (Wildman–Crippen LogP) is 3.23. The van der Waals surface area contributed by atoms with Gasteiger partial charge in [-0.25, -0.2) is 9.37 Å². The molecule has 174 valence electrons. The van der Waals surface area contributed by atoms with Gasteiger partial charge in [0, 0.05) is 39.3 Å². The Morgan fingerprint density at radius 3 is 2.73 bits per heavy atom. The SMILES string of the molecule is COCCCn1c(SCC(=O)c2ccc(CCNC(C)=O)c(F)c2)nc2ccccc2c1=O. The molecule has 2 aromatic carbocycles. The number of nitrogens with zero attached hydrogens (tertiary/aromatic N) is 2. The highest BCUT2D eigenvalue weighted by Crippen LogP contribution is 2.20. The molecule has 0 bridgehead atoms. The lowest BCUT2D eigenvalue weighted by molar-refractivity contribution is -0.118. The van der Waals surface area contributed by atoms with E-state index >= 15 is 0 Å². The number of fused-ring (bicyclic) bond motifs is 1. The minimum Gasteiger partial charge on any atom is -0.385 e. The summed E-state index contributed by atoms with van der Waals surface area (Å²) in [5, 5.41) is 3.58. The standard InChI is InChI=1S/C24H26FN3O4S/c1-16(29)26-11-10-17-8-9-18(14-20(17)25)22(30)15-33-24-27-21-7-4-3-6-19(21)23(31)28(24)12-5-13-32-2/h3-4,6-9,14H,5,10-13,15H2,1-2H3,(H,26,29). The van der Waals surface area contributed by atoms with Crippen LogP contribution in [0.2, 0.25) is 0 Å². The second-order valence-electron chi connectivity index (χ2n) is 7.47. The number of ketones is 1. The van der Waals surface area contributed by atoms with E-state index in [1.807, 2.05) is 0 Å². The highest BCUT2D eigenvalue weighted by atomic mass is 32.2. The molecule has 9 heteroatoms. The predicted molar refractivity (Wildman–Crippen MR) is 126 cm³/mol. The fraction of sp³-hybridized carbons (Fsp3) is 0.333. The van der Waals surface area contributed by atoms with E-state index in [1.54, 1.807) is 48.1 Å². The fourth-order valence-corrected chi connectivity index (χ4v) is 4.25. The number of rotatable bonds is 11. The molecular weight excluding hydrogens is 445 g/mol. The molecule has 0 spiro atoms. The maximum absolute atomic E-state index is 14.4. The largest absolute Gasteiger partial charge is 0.385 e. The van der Waals surface area contributed by atoms with E-state index in [-0.39, 0.29) is 28.6 Å². The van der Waals surface area contributed by atoms with E-state index in [0.29, 0.717) is 54.2 Å². The molecule has 0 atom stereocenters. The van der Waals surface area contributed by atoms with Crippen molar-refractivity contribution in [1.29, 1.82) is 0 Å². The van der Waals surface area contributed by atoms with Crippen LogP contribution in [0.3, 0.4) is 0 Å². The number of halogens is 1. The van der Waals surface area contributed by atoms with Crippen LogP contribution in [0.1, 0.15) is 29.3 Å². The van der Waals surface area contributed by atoms with Gasteiger partial charge < -0.3 is 10.1 Å². The molecule has 7 nitrogen and oxygen atoms in total. The molecule has 0 fully saturated rings. The third-order valence-electron chi connectivity index (χ3n) is 5.03. The molecule has 0 aliphatic carbocycles. The Labute approximate surface area is 195 Å². The summed E-state index contributed by atoms with van der Waals surface area (Å²) in [6.07, 6.45) is 0.965. The zero-order chi connectivity index (χ0) is 23.8. The summed E-state index contributed by atoms with van der Waals surface area (Å²) in [7, 11) is 1.60. The Morgan fingerprint density at radius 2 is 2.00 bits per heavy atom. The number of carbonyl (C=O) groups is 2. The van der Waals surface area contributed by atoms with Gasteiger partial charge in [0.25, 0.3) is 5.56 Å². The zero-order valence-corrected chi connectivity index (χ0v) is 19.4.